The van der Waals surface area contributed by atoms with Gasteiger partial charge in [0.05, 0.1) is 0 Å². The van der Waals surface area contributed by atoms with Crippen LogP contribution < -0.4 is 5.32 Å². The maximum Gasteiger partial charge on any atom is 0.0495 e. The third kappa shape index (κ3) is 3.18. The molecule has 0 spiro atoms. The Morgan fingerprint density at radius 2 is 2.21 bits per heavy atom. The van der Waals surface area contributed by atoms with Crippen LogP contribution in [0.3, 0.4) is 0 Å². The van der Waals surface area contributed by atoms with Gasteiger partial charge in [-0.05, 0) is 68.2 Å². The lowest BCUT2D eigenvalue weighted by molar-refractivity contribution is 0.184. The first-order valence-corrected chi connectivity index (χ1v) is 7.76. The van der Waals surface area contributed by atoms with E-state index in [-0.39, 0.29) is 0 Å². The molecule has 2 unspecified atom stereocenters. The molecule has 0 radical (unpaired) electrons. The van der Waals surface area contributed by atoms with E-state index in [9.17, 15) is 0 Å². The Morgan fingerprint density at radius 1 is 1.32 bits per heavy atom. The number of hydrogen-bond acceptors (Lipinski definition) is 2. The number of nitrogens with one attached hydrogen (secondary N) is 1. The topological polar surface area (TPSA) is 21.3 Å². The van der Waals surface area contributed by atoms with E-state index < -0.39 is 0 Å². The average Bonchev–Trinajstić information content (AvgIpc) is 3.08. The van der Waals surface area contributed by atoms with Crippen LogP contribution in [0.1, 0.15) is 48.9 Å². The molecule has 19 heavy (non-hydrogen) atoms. The summed E-state index contributed by atoms with van der Waals surface area (Å²) in [4.78, 5) is 0. The van der Waals surface area contributed by atoms with Gasteiger partial charge in [-0.15, -0.1) is 0 Å². The van der Waals surface area contributed by atoms with E-state index >= 15 is 0 Å². The van der Waals surface area contributed by atoms with E-state index in [0.29, 0.717) is 6.04 Å². The fraction of sp³-hybridized carbons (Fsp3) is 0.647. The zero-order valence-corrected chi connectivity index (χ0v) is 12.0. The van der Waals surface area contributed by atoms with Crippen molar-refractivity contribution in [2.75, 3.05) is 19.8 Å². The highest BCUT2D eigenvalue weighted by Crippen LogP contribution is 2.25. The second kappa shape index (κ2) is 6.06. The number of benzene rings is 1. The SMILES string of the molecule is CC(NCCC1CCOC1)c1ccc2c(c1)CCC2. The highest BCUT2D eigenvalue weighted by Gasteiger charge is 2.16. The van der Waals surface area contributed by atoms with Crippen molar-refractivity contribution in [1.82, 2.24) is 5.32 Å². The number of rotatable bonds is 5. The summed E-state index contributed by atoms with van der Waals surface area (Å²) in [6.07, 6.45) is 6.38. The maximum absolute atomic E-state index is 5.42. The van der Waals surface area contributed by atoms with Gasteiger partial charge in [-0.2, -0.15) is 0 Å². The predicted molar refractivity (Wildman–Crippen MR) is 78.4 cm³/mol. The minimum absolute atomic E-state index is 0.466. The van der Waals surface area contributed by atoms with Crippen molar-refractivity contribution in [3.63, 3.8) is 0 Å². The molecule has 1 aliphatic carbocycles. The Labute approximate surface area is 116 Å². The molecule has 0 amide bonds. The molecule has 1 N–H and O–H groups in total. The standard InChI is InChI=1S/C17H25NO/c1-13(18-9-7-14-8-10-19-12-14)16-6-5-15-3-2-4-17(15)11-16/h5-6,11,13-14,18H,2-4,7-10,12H2,1H3. The first-order valence-electron chi connectivity index (χ1n) is 7.76. The van der Waals surface area contributed by atoms with Crippen molar-refractivity contribution in [2.24, 2.45) is 5.92 Å². The molecule has 3 rings (SSSR count). The van der Waals surface area contributed by atoms with Gasteiger partial charge in [0.1, 0.15) is 0 Å². The first kappa shape index (κ1) is 13.1. The molecule has 1 aromatic rings. The monoisotopic (exact) mass is 259 g/mol. The fourth-order valence-electron chi connectivity index (χ4n) is 3.29. The first-order chi connectivity index (χ1) is 9.33. The van der Waals surface area contributed by atoms with Gasteiger partial charge in [-0.1, -0.05) is 18.2 Å². The third-order valence-corrected chi connectivity index (χ3v) is 4.65. The third-order valence-electron chi connectivity index (χ3n) is 4.65. The van der Waals surface area contributed by atoms with E-state index in [1.165, 1.54) is 37.7 Å². The summed E-state index contributed by atoms with van der Waals surface area (Å²) in [5.74, 6) is 0.778. The van der Waals surface area contributed by atoms with Gasteiger partial charge in [-0.25, -0.2) is 0 Å². The van der Waals surface area contributed by atoms with Crippen LogP contribution >= 0.6 is 0 Å². The van der Waals surface area contributed by atoms with Crippen LogP contribution in [-0.4, -0.2) is 19.8 Å². The maximum atomic E-state index is 5.42. The molecule has 2 nitrogen and oxygen atoms in total. The van der Waals surface area contributed by atoms with Gasteiger partial charge in [0, 0.05) is 19.3 Å². The normalized spacial score (nSPS) is 23.5. The van der Waals surface area contributed by atoms with Gasteiger partial charge in [-0.3, -0.25) is 0 Å². The van der Waals surface area contributed by atoms with Crippen LogP contribution in [0.15, 0.2) is 18.2 Å². The Kier molecular flexibility index (Phi) is 4.19. The Morgan fingerprint density at radius 3 is 3.05 bits per heavy atom. The number of fused-ring (bicyclic) bond motifs is 1. The Hall–Kier alpha value is -0.860. The summed E-state index contributed by atoms with van der Waals surface area (Å²) in [7, 11) is 0. The lowest BCUT2D eigenvalue weighted by atomic mass is 10.0. The lowest BCUT2D eigenvalue weighted by Crippen LogP contribution is -2.22. The molecular weight excluding hydrogens is 234 g/mol. The summed E-state index contributed by atoms with van der Waals surface area (Å²) in [6.45, 7) is 5.31. The second-order valence-electron chi connectivity index (χ2n) is 6.08. The molecular formula is C17H25NO. The second-order valence-corrected chi connectivity index (χ2v) is 6.08. The van der Waals surface area contributed by atoms with Crippen LogP contribution in [0, 0.1) is 5.92 Å². The van der Waals surface area contributed by atoms with Gasteiger partial charge in [0.25, 0.3) is 0 Å². The van der Waals surface area contributed by atoms with Crippen LogP contribution in [0.2, 0.25) is 0 Å². The minimum Gasteiger partial charge on any atom is -0.381 e. The number of aryl methyl sites for hydroxylation is 2. The predicted octanol–water partition coefficient (Wildman–Crippen LogP) is 3.25. The van der Waals surface area contributed by atoms with E-state index in [0.717, 1.165) is 25.7 Å². The summed E-state index contributed by atoms with van der Waals surface area (Å²) >= 11 is 0. The van der Waals surface area contributed by atoms with Crippen molar-refractivity contribution in [2.45, 2.75) is 45.1 Å². The highest BCUT2D eigenvalue weighted by molar-refractivity contribution is 5.36. The Bertz CT molecular complexity index is 423. The fourth-order valence-corrected chi connectivity index (χ4v) is 3.29. The zero-order valence-electron chi connectivity index (χ0n) is 12.0. The van der Waals surface area contributed by atoms with Crippen LogP contribution in [0.4, 0.5) is 0 Å². The largest absolute Gasteiger partial charge is 0.381 e. The van der Waals surface area contributed by atoms with Crippen molar-refractivity contribution < 1.29 is 4.74 Å². The summed E-state index contributed by atoms with van der Waals surface area (Å²) < 4.78 is 5.42. The molecule has 1 aromatic carbocycles. The van der Waals surface area contributed by atoms with Crippen molar-refractivity contribution in [3.05, 3.63) is 34.9 Å². The van der Waals surface area contributed by atoms with Crippen molar-refractivity contribution in [3.8, 4) is 0 Å². The quantitative estimate of drug-likeness (QED) is 0.876. The molecule has 2 heteroatoms. The zero-order chi connectivity index (χ0) is 13.1. The van der Waals surface area contributed by atoms with Crippen LogP contribution in [-0.2, 0) is 17.6 Å². The highest BCUT2D eigenvalue weighted by atomic mass is 16.5. The molecule has 1 fully saturated rings. The van der Waals surface area contributed by atoms with Gasteiger partial charge >= 0.3 is 0 Å². The molecule has 0 aromatic heterocycles. The summed E-state index contributed by atoms with van der Waals surface area (Å²) in [6, 6.07) is 7.52. The molecule has 0 saturated carbocycles. The van der Waals surface area contributed by atoms with Crippen molar-refractivity contribution in [1.29, 1.82) is 0 Å². The van der Waals surface area contributed by atoms with Gasteiger partial charge in [0.15, 0.2) is 0 Å². The van der Waals surface area contributed by atoms with E-state index in [2.05, 4.69) is 30.4 Å². The minimum atomic E-state index is 0.466. The van der Waals surface area contributed by atoms with E-state index in [1.54, 1.807) is 11.1 Å². The lowest BCUT2D eigenvalue weighted by Gasteiger charge is -2.16. The number of hydrogen-bond donors (Lipinski definition) is 1. The molecule has 0 bridgehead atoms. The average molecular weight is 259 g/mol. The molecule has 1 aliphatic heterocycles. The van der Waals surface area contributed by atoms with Gasteiger partial charge < -0.3 is 10.1 Å². The summed E-state index contributed by atoms with van der Waals surface area (Å²) in [5, 5.41) is 3.66. The molecule has 2 atom stereocenters. The molecule has 104 valence electrons. The molecule has 1 heterocycles. The smallest absolute Gasteiger partial charge is 0.0495 e. The van der Waals surface area contributed by atoms with E-state index in [1.807, 2.05) is 0 Å². The van der Waals surface area contributed by atoms with Gasteiger partial charge in [0.2, 0.25) is 0 Å². The van der Waals surface area contributed by atoms with E-state index in [4.69, 9.17) is 4.74 Å². The molecule has 1 saturated heterocycles. The van der Waals surface area contributed by atoms with Crippen molar-refractivity contribution >= 4 is 0 Å². The Balaban J connectivity index is 1.50. The van der Waals surface area contributed by atoms with Crippen LogP contribution in [0.25, 0.3) is 0 Å². The molecule has 2 aliphatic rings. The number of ether oxygens (including phenoxy) is 1. The van der Waals surface area contributed by atoms with Crippen LogP contribution in [0.5, 0.6) is 0 Å². The summed E-state index contributed by atoms with van der Waals surface area (Å²) in [5.41, 5.74) is 4.60.